The summed E-state index contributed by atoms with van der Waals surface area (Å²) in [5.74, 6) is 0.935. The summed E-state index contributed by atoms with van der Waals surface area (Å²) >= 11 is 6.68. The molecule has 0 heterocycles. The van der Waals surface area contributed by atoms with E-state index < -0.39 is 0 Å². The Morgan fingerprint density at radius 3 is 2.87 bits per heavy atom. The average Bonchev–Trinajstić information content (AvgIpc) is 2.24. The number of rotatable bonds is 5. The predicted octanol–water partition coefficient (Wildman–Crippen LogP) is 4.65. The molecule has 0 N–H and O–H groups in total. The second kappa shape index (κ2) is 7.07. The number of unbranched alkanes of at least 4 members (excludes halogenated alkanes) is 1. The Bertz CT molecular complexity index is 330. The molecule has 0 fully saturated rings. The van der Waals surface area contributed by atoms with Gasteiger partial charge in [0.1, 0.15) is 5.75 Å². The first kappa shape index (κ1) is 12.8. The molecule has 0 aliphatic heterocycles. The van der Waals surface area contributed by atoms with Crippen molar-refractivity contribution in [2.45, 2.75) is 19.3 Å². The molecule has 0 atom stereocenters. The van der Waals surface area contributed by atoms with Gasteiger partial charge in [-0.1, -0.05) is 18.2 Å². The van der Waals surface area contributed by atoms with E-state index in [4.69, 9.17) is 4.74 Å². The van der Waals surface area contributed by atoms with Crippen LogP contribution in [0.15, 0.2) is 33.7 Å². The van der Waals surface area contributed by atoms with Gasteiger partial charge in [0.25, 0.3) is 0 Å². The van der Waals surface area contributed by atoms with Crippen LogP contribution in [0.1, 0.15) is 18.4 Å². The van der Waals surface area contributed by atoms with Crippen molar-refractivity contribution in [3.05, 3.63) is 39.3 Å². The number of aryl methyl sites for hydroxylation is 1. The first-order chi connectivity index (χ1) is 7.22. The monoisotopic (exact) mass is 332 g/mol. The summed E-state index contributed by atoms with van der Waals surface area (Å²) in [5.41, 5.74) is 1.33. The van der Waals surface area contributed by atoms with Gasteiger partial charge >= 0.3 is 0 Å². The largest absolute Gasteiger partial charge is 0.497 e. The van der Waals surface area contributed by atoms with E-state index in [0.29, 0.717) is 0 Å². The standard InChI is InChI=1S/C12H14Br2O/c1-15-11-7-4-6-10(9-11)5-2-3-8-12(13)14/h4,6-9H,2-3,5H2,1H3. The van der Waals surface area contributed by atoms with Crippen LogP contribution >= 0.6 is 31.9 Å². The summed E-state index contributed by atoms with van der Waals surface area (Å²) < 4.78 is 6.20. The minimum absolute atomic E-state index is 0.935. The Morgan fingerprint density at radius 2 is 2.20 bits per heavy atom. The molecule has 0 unspecified atom stereocenters. The van der Waals surface area contributed by atoms with E-state index in [1.165, 1.54) is 5.56 Å². The Balaban J connectivity index is 2.40. The highest BCUT2D eigenvalue weighted by atomic mass is 79.9. The molecule has 0 saturated heterocycles. The van der Waals surface area contributed by atoms with Crippen molar-refractivity contribution in [3.8, 4) is 5.75 Å². The molecule has 1 aromatic rings. The first-order valence-corrected chi connectivity index (χ1v) is 6.45. The lowest BCUT2D eigenvalue weighted by atomic mass is 10.1. The lowest BCUT2D eigenvalue weighted by Gasteiger charge is -2.03. The number of halogens is 2. The molecule has 1 nitrogen and oxygen atoms in total. The Morgan fingerprint density at radius 1 is 1.40 bits per heavy atom. The van der Waals surface area contributed by atoms with Gasteiger partial charge in [-0.15, -0.1) is 0 Å². The zero-order valence-electron chi connectivity index (χ0n) is 8.67. The van der Waals surface area contributed by atoms with E-state index in [2.05, 4.69) is 50.1 Å². The smallest absolute Gasteiger partial charge is 0.119 e. The van der Waals surface area contributed by atoms with Crippen LogP contribution in [0.4, 0.5) is 0 Å². The highest BCUT2D eigenvalue weighted by Crippen LogP contribution is 2.17. The lowest BCUT2D eigenvalue weighted by Crippen LogP contribution is -1.87. The zero-order chi connectivity index (χ0) is 11.1. The van der Waals surface area contributed by atoms with Crippen LogP contribution in [0, 0.1) is 0 Å². The van der Waals surface area contributed by atoms with Crippen LogP contribution in [0.3, 0.4) is 0 Å². The topological polar surface area (TPSA) is 9.23 Å². The van der Waals surface area contributed by atoms with Gasteiger partial charge in [0, 0.05) is 0 Å². The molecule has 82 valence electrons. The van der Waals surface area contributed by atoms with Gasteiger partial charge in [0.05, 0.1) is 10.5 Å². The third-order valence-corrected chi connectivity index (χ3v) is 2.75. The van der Waals surface area contributed by atoms with E-state index in [1.54, 1.807) is 7.11 Å². The number of allylic oxidation sites excluding steroid dienone is 1. The van der Waals surface area contributed by atoms with Crippen LogP contribution in [0.25, 0.3) is 0 Å². The maximum absolute atomic E-state index is 5.17. The van der Waals surface area contributed by atoms with Gasteiger partial charge < -0.3 is 4.74 Å². The molecule has 0 saturated carbocycles. The quantitative estimate of drug-likeness (QED) is 0.713. The second-order valence-electron chi connectivity index (χ2n) is 3.24. The Kier molecular flexibility index (Phi) is 6.03. The molecule has 3 heteroatoms. The lowest BCUT2D eigenvalue weighted by molar-refractivity contribution is 0.414. The normalized spacial score (nSPS) is 9.80. The van der Waals surface area contributed by atoms with E-state index in [-0.39, 0.29) is 0 Å². The molecular formula is C12H14Br2O. The van der Waals surface area contributed by atoms with Crippen LogP contribution < -0.4 is 4.74 Å². The summed E-state index contributed by atoms with van der Waals surface area (Å²) in [5, 5.41) is 0. The van der Waals surface area contributed by atoms with E-state index in [9.17, 15) is 0 Å². The molecule has 0 bridgehead atoms. The Labute approximate surface area is 108 Å². The summed E-state index contributed by atoms with van der Waals surface area (Å²) in [6.45, 7) is 0. The van der Waals surface area contributed by atoms with Gasteiger partial charge in [-0.05, 0) is 68.8 Å². The molecule has 0 aliphatic rings. The number of hydrogen-bond donors (Lipinski definition) is 0. The maximum atomic E-state index is 5.17. The van der Waals surface area contributed by atoms with Crippen LogP contribution in [0.2, 0.25) is 0 Å². The number of hydrogen-bond acceptors (Lipinski definition) is 1. The van der Waals surface area contributed by atoms with Gasteiger partial charge in [-0.2, -0.15) is 0 Å². The fourth-order valence-electron chi connectivity index (χ4n) is 1.35. The van der Waals surface area contributed by atoms with Crippen molar-refractivity contribution in [2.24, 2.45) is 0 Å². The third-order valence-electron chi connectivity index (χ3n) is 2.10. The predicted molar refractivity (Wildman–Crippen MR) is 71.9 cm³/mol. The van der Waals surface area contributed by atoms with Gasteiger partial charge in [-0.25, -0.2) is 0 Å². The highest BCUT2D eigenvalue weighted by Gasteiger charge is 1.95. The van der Waals surface area contributed by atoms with Crippen molar-refractivity contribution < 1.29 is 4.74 Å². The SMILES string of the molecule is COc1cccc(CCCC=C(Br)Br)c1. The Hall–Kier alpha value is -0.280. The average molecular weight is 334 g/mol. The first-order valence-electron chi connectivity index (χ1n) is 4.86. The molecule has 1 aromatic carbocycles. The van der Waals surface area contributed by atoms with Crippen LogP contribution in [0.5, 0.6) is 5.75 Å². The second-order valence-corrected chi connectivity index (χ2v) is 6.01. The summed E-state index contributed by atoms with van der Waals surface area (Å²) in [6.07, 6.45) is 5.43. The van der Waals surface area contributed by atoms with E-state index in [0.717, 1.165) is 28.4 Å². The summed E-state index contributed by atoms with van der Waals surface area (Å²) in [7, 11) is 1.70. The van der Waals surface area contributed by atoms with E-state index >= 15 is 0 Å². The molecule has 0 amide bonds. The fraction of sp³-hybridized carbons (Fsp3) is 0.333. The minimum Gasteiger partial charge on any atom is -0.497 e. The minimum atomic E-state index is 0.935. The van der Waals surface area contributed by atoms with Gasteiger partial charge in [0.2, 0.25) is 0 Å². The highest BCUT2D eigenvalue weighted by molar-refractivity contribution is 9.28. The molecule has 1 rings (SSSR count). The maximum Gasteiger partial charge on any atom is 0.119 e. The van der Waals surface area contributed by atoms with Crippen molar-refractivity contribution in [1.29, 1.82) is 0 Å². The number of methoxy groups -OCH3 is 1. The molecule has 15 heavy (non-hydrogen) atoms. The molecular weight excluding hydrogens is 320 g/mol. The molecule has 0 aliphatic carbocycles. The van der Waals surface area contributed by atoms with Crippen LogP contribution in [-0.2, 0) is 6.42 Å². The molecule has 0 radical (unpaired) electrons. The molecule has 0 aromatic heterocycles. The number of benzene rings is 1. The van der Waals surface area contributed by atoms with Crippen molar-refractivity contribution >= 4 is 31.9 Å². The van der Waals surface area contributed by atoms with Crippen LogP contribution in [-0.4, -0.2) is 7.11 Å². The summed E-state index contributed by atoms with van der Waals surface area (Å²) in [4.78, 5) is 0. The summed E-state index contributed by atoms with van der Waals surface area (Å²) in [6, 6.07) is 8.23. The van der Waals surface area contributed by atoms with Crippen molar-refractivity contribution in [2.75, 3.05) is 7.11 Å². The van der Waals surface area contributed by atoms with Crippen molar-refractivity contribution in [1.82, 2.24) is 0 Å². The van der Waals surface area contributed by atoms with Crippen molar-refractivity contribution in [3.63, 3.8) is 0 Å². The van der Waals surface area contributed by atoms with Gasteiger partial charge in [-0.3, -0.25) is 0 Å². The zero-order valence-corrected chi connectivity index (χ0v) is 11.8. The van der Waals surface area contributed by atoms with E-state index in [1.807, 2.05) is 12.1 Å². The van der Waals surface area contributed by atoms with Gasteiger partial charge in [0.15, 0.2) is 0 Å². The molecule has 0 spiro atoms. The fourth-order valence-corrected chi connectivity index (χ4v) is 1.80. The third kappa shape index (κ3) is 5.38. The number of ether oxygens (including phenoxy) is 1.